The normalized spacial score (nSPS) is 24.4. The number of anilines is 1. The predicted molar refractivity (Wildman–Crippen MR) is 64.6 cm³/mol. The van der Waals surface area contributed by atoms with E-state index in [2.05, 4.69) is 10.3 Å². The maximum Gasteiger partial charge on any atom is 0.213 e. The lowest BCUT2D eigenvalue weighted by Crippen LogP contribution is -2.29. The Kier molecular flexibility index (Phi) is 3.62. The number of nitrogens with one attached hydrogen (secondary N) is 1. The molecule has 88 valence electrons. The van der Waals surface area contributed by atoms with Crippen molar-refractivity contribution >= 4 is 5.69 Å². The van der Waals surface area contributed by atoms with Crippen molar-refractivity contribution in [1.29, 1.82) is 0 Å². The zero-order chi connectivity index (χ0) is 11.4. The van der Waals surface area contributed by atoms with Crippen LogP contribution in [0.5, 0.6) is 5.88 Å². The van der Waals surface area contributed by atoms with Gasteiger partial charge in [0, 0.05) is 12.1 Å². The number of nitrogens with zero attached hydrogens (tertiary/aromatic N) is 1. The molecule has 4 nitrogen and oxygen atoms in total. The fraction of sp³-hybridized carbons (Fsp3) is 0.583. The topological polar surface area (TPSA) is 60.2 Å². The van der Waals surface area contributed by atoms with E-state index in [9.17, 15) is 0 Å². The Labute approximate surface area is 96.2 Å². The Morgan fingerprint density at radius 1 is 1.50 bits per heavy atom. The number of rotatable bonds is 4. The minimum absolute atomic E-state index is 0.500. The summed E-state index contributed by atoms with van der Waals surface area (Å²) in [4.78, 5) is 4.17. The van der Waals surface area contributed by atoms with Crippen LogP contribution in [-0.2, 0) is 0 Å². The van der Waals surface area contributed by atoms with E-state index >= 15 is 0 Å². The van der Waals surface area contributed by atoms with E-state index in [0.717, 1.165) is 12.2 Å². The summed E-state index contributed by atoms with van der Waals surface area (Å²) in [7, 11) is 1.62. The molecule has 0 spiro atoms. The third-order valence-corrected chi connectivity index (χ3v) is 3.26. The summed E-state index contributed by atoms with van der Waals surface area (Å²) in [6, 6.07) is 4.37. The highest BCUT2D eigenvalue weighted by Crippen LogP contribution is 2.27. The quantitative estimate of drug-likeness (QED) is 0.811. The largest absolute Gasteiger partial charge is 0.481 e. The summed E-state index contributed by atoms with van der Waals surface area (Å²) in [5.74, 6) is 1.24. The van der Waals surface area contributed by atoms with Gasteiger partial charge in [-0.05, 0) is 31.4 Å². The molecular formula is C12H19N3O. The highest BCUT2D eigenvalue weighted by Gasteiger charge is 2.25. The number of ether oxygens (including phenoxy) is 1. The fourth-order valence-electron chi connectivity index (χ4n) is 2.31. The summed E-state index contributed by atoms with van der Waals surface area (Å²) in [6.07, 6.45) is 5.51. The second-order valence-corrected chi connectivity index (χ2v) is 4.27. The Balaban J connectivity index is 1.97. The van der Waals surface area contributed by atoms with Gasteiger partial charge in [-0.2, -0.15) is 0 Å². The lowest BCUT2D eigenvalue weighted by Gasteiger charge is -2.20. The van der Waals surface area contributed by atoms with Gasteiger partial charge in [0.15, 0.2) is 0 Å². The molecule has 0 saturated heterocycles. The Morgan fingerprint density at radius 3 is 3.00 bits per heavy atom. The van der Waals surface area contributed by atoms with Gasteiger partial charge in [0.2, 0.25) is 5.88 Å². The van der Waals surface area contributed by atoms with Crippen molar-refractivity contribution in [1.82, 2.24) is 4.98 Å². The molecule has 1 saturated carbocycles. The number of hydrogen-bond donors (Lipinski definition) is 2. The molecule has 0 aliphatic heterocycles. The summed E-state index contributed by atoms with van der Waals surface area (Å²) < 4.78 is 5.02. The van der Waals surface area contributed by atoms with Crippen LogP contribution in [0.25, 0.3) is 0 Å². The number of pyridine rings is 1. The molecule has 1 aliphatic carbocycles. The van der Waals surface area contributed by atoms with Gasteiger partial charge >= 0.3 is 0 Å². The molecule has 1 aliphatic rings. The lowest BCUT2D eigenvalue weighted by atomic mass is 10.0. The molecule has 0 radical (unpaired) electrons. The Hall–Kier alpha value is -1.29. The Bertz CT molecular complexity index is 326. The maximum atomic E-state index is 5.75. The molecule has 1 heterocycles. The van der Waals surface area contributed by atoms with Crippen LogP contribution >= 0.6 is 0 Å². The summed E-state index contributed by atoms with van der Waals surface area (Å²) >= 11 is 0. The predicted octanol–water partition coefficient (Wildman–Crippen LogP) is 1.63. The average molecular weight is 221 g/mol. The van der Waals surface area contributed by atoms with E-state index < -0.39 is 0 Å². The molecule has 1 fully saturated rings. The summed E-state index contributed by atoms with van der Waals surface area (Å²) in [5, 5.41) is 3.50. The zero-order valence-corrected chi connectivity index (χ0v) is 9.65. The third-order valence-electron chi connectivity index (χ3n) is 3.26. The second kappa shape index (κ2) is 5.16. The molecule has 2 rings (SSSR count). The van der Waals surface area contributed by atoms with E-state index in [1.54, 1.807) is 7.11 Å². The van der Waals surface area contributed by atoms with Crippen LogP contribution in [0.4, 0.5) is 5.69 Å². The van der Waals surface area contributed by atoms with Crippen molar-refractivity contribution < 1.29 is 4.74 Å². The van der Waals surface area contributed by atoms with E-state index in [4.69, 9.17) is 10.5 Å². The maximum absolute atomic E-state index is 5.75. The molecule has 2 unspecified atom stereocenters. The van der Waals surface area contributed by atoms with Gasteiger partial charge in [0.25, 0.3) is 0 Å². The molecule has 3 N–H and O–H groups in total. The van der Waals surface area contributed by atoms with Crippen LogP contribution in [0.3, 0.4) is 0 Å². The van der Waals surface area contributed by atoms with Crippen molar-refractivity contribution in [3.8, 4) is 5.88 Å². The van der Waals surface area contributed by atoms with Crippen LogP contribution in [-0.4, -0.2) is 24.7 Å². The van der Waals surface area contributed by atoms with E-state index in [-0.39, 0.29) is 0 Å². The van der Waals surface area contributed by atoms with Crippen molar-refractivity contribution in [2.45, 2.75) is 25.3 Å². The first-order valence-corrected chi connectivity index (χ1v) is 5.80. The highest BCUT2D eigenvalue weighted by atomic mass is 16.5. The van der Waals surface area contributed by atoms with Crippen molar-refractivity contribution in [3.63, 3.8) is 0 Å². The van der Waals surface area contributed by atoms with Gasteiger partial charge in [-0.15, -0.1) is 0 Å². The molecule has 2 atom stereocenters. The van der Waals surface area contributed by atoms with E-state index in [1.807, 2.05) is 18.3 Å². The molecule has 16 heavy (non-hydrogen) atoms. The first kappa shape index (κ1) is 11.2. The van der Waals surface area contributed by atoms with Crippen molar-refractivity contribution in [2.24, 2.45) is 11.7 Å². The van der Waals surface area contributed by atoms with Gasteiger partial charge in [0.05, 0.1) is 19.0 Å². The van der Waals surface area contributed by atoms with Crippen LogP contribution < -0.4 is 15.8 Å². The minimum Gasteiger partial charge on any atom is -0.481 e. The average Bonchev–Trinajstić information content (AvgIpc) is 2.77. The molecule has 0 aromatic carbocycles. The standard InChI is InChI=1S/C12H19N3O/c1-16-12-6-5-10(8-14-12)15-11-4-2-3-9(11)7-13/h5-6,8-9,11,15H,2-4,7,13H2,1H3. The number of aromatic nitrogens is 1. The van der Waals surface area contributed by atoms with Crippen LogP contribution in [0, 0.1) is 5.92 Å². The molecule has 1 aromatic rings. The second-order valence-electron chi connectivity index (χ2n) is 4.27. The third kappa shape index (κ3) is 2.44. The first-order valence-electron chi connectivity index (χ1n) is 5.80. The van der Waals surface area contributed by atoms with E-state index in [1.165, 1.54) is 19.3 Å². The molecule has 4 heteroatoms. The van der Waals surface area contributed by atoms with Crippen molar-refractivity contribution in [2.75, 3.05) is 19.0 Å². The SMILES string of the molecule is COc1ccc(NC2CCCC2CN)cn1. The zero-order valence-electron chi connectivity index (χ0n) is 9.65. The van der Waals surface area contributed by atoms with Gasteiger partial charge in [0.1, 0.15) is 0 Å². The summed E-state index contributed by atoms with van der Waals surface area (Å²) in [6.45, 7) is 0.765. The highest BCUT2D eigenvalue weighted by molar-refractivity contribution is 5.43. The molecule has 0 amide bonds. The first-order chi connectivity index (χ1) is 7.83. The molecule has 0 bridgehead atoms. The monoisotopic (exact) mass is 221 g/mol. The van der Waals surface area contributed by atoms with Crippen LogP contribution in [0.15, 0.2) is 18.3 Å². The van der Waals surface area contributed by atoms with Gasteiger partial charge in [-0.25, -0.2) is 4.98 Å². The Morgan fingerprint density at radius 2 is 2.38 bits per heavy atom. The van der Waals surface area contributed by atoms with Crippen molar-refractivity contribution in [3.05, 3.63) is 18.3 Å². The molecule has 1 aromatic heterocycles. The van der Waals surface area contributed by atoms with E-state index in [0.29, 0.717) is 17.8 Å². The van der Waals surface area contributed by atoms with Crippen LogP contribution in [0.1, 0.15) is 19.3 Å². The number of methoxy groups -OCH3 is 1. The fourth-order valence-corrected chi connectivity index (χ4v) is 2.31. The van der Waals surface area contributed by atoms with Gasteiger partial charge in [-0.3, -0.25) is 0 Å². The summed E-state index contributed by atoms with van der Waals surface area (Å²) in [5.41, 5.74) is 6.80. The smallest absolute Gasteiger partial charge is 0.213 e. The molecular weight excluding hydrogens is 202 g/mol. The minimum atomic E-state index is 0.500. The number of nitrogens with two attached hydrogens (primary N) is 1. The van der Waals surface area contributed by atoms with Crippen LogP contribution in [0.2, 0.25) is 0 Å². The number of hydrogen-bond acceptors (Lipinski definition) is 4. The lowest BCUT2D eigenvalue weighted by molar-refractivity contribution is 0.398. The van der Waals surface area contributed by atoms with Gasteiger partial charge in [-0.1, -0.05) is 6.42 Å². The van der Waals surface area contributed by atoms with Gasteiger partial charge < -0.3 is 15.8 Å².